The molecule has 0 aliphatic rings. The van der Waals surface area contributed by atoms with Crippen molar-refractivity contribution >= 4 is 5.69 Å². The Labute approximate surface area is 116 Å². The molecule has 0 heterocycles. The third kappa shape index (κ3) is 7.15. The first-order valence-corrected chi connectivity index (χ1v) is 6.89. The van der Waals surface area contributed by atoms with Gasteiger partial charge >= 0.3 is 0 Å². The second-order valence-corrected chi connectivity index (χ2v) is 4.63. The van der Waals surface area contributed by atoms with E-state index in [2.05, 4.69) is 17.9 Å². The van der Waals surface area contributed by atoms with Crippen LogP contribution in [0.4, 0.5) is 5.69 Å². The van der Waals surface area contributed by atoms with Crippen molar-refractivity contribution in [1.82, 2.24) is 4.90 Å². The Hall–Kier alpha value is -1.10. The number of anilines is 1. The Morgan fingerprint density at radius 1 is 1.16 bits per heavy atom. The summed E-state index contributed by atoms with van der Waals surface area (Å²) in [4.78, 5) is 2.39. The molecule has 0 aliphatic heterocycles. The second-order valence-electron chi connectivity index (χ2n) is 4.63. The summed E-state index contributed by atoms with van der Waals surface area (Å²) < 4.78 is 10.5. The lowest BCUT2D eigenvalue weighted by Gasteiger charge is -2.21. The van der Waals surface area contributed by atoms with Crippen LogP contribution in [-0.4, -0.2) is 44.9 Å². The molecule has 0 atom stereocenters. The topological polar surface area (TPSA) is 47.7 Å². The van der Waals surface area contributed by atoms with Crippen molar-refractivity contribution in [2.24, 2.45) is 0 Å². The van der Waals surface area contributed by atoms with Gasteiger partial charge < -0.3 is 15.2 Å². The Bertz CT molecular complexity index is 345. The van der Waals surface area contributed by atoms with Gasteiger partial charge in [-0.15, -0.1) is 0 Å². The van der Waals surface area contributed by atoms with Crippen molar-refractivity contribution in [3.63, 3.8) is 0 Å². The van der Waals surface area contributed by atoms with Crippen molar-refractivity contribution in [3.05, 3.63) is 29.8 Å². The smallest absolute Gasteiger partial charge is 0.0700 e. The van der Waals surface area contributed by atoms with Gasteiger partial charge in [-0.3, -0.25) is 4.90 Å². The Morgan fingerprint density at radius 2 is 2.00 bits per heavy atom. The van der Waals surface area contributed by atoms with Crippen molar-refractivity contribution in [3.8, 4) is 0 Å². The maximum absolute atomic E-state index is 5.81. The largest absolute Gasteiger partial charge is 0.399 e. The van der Waals surface area contributed by atoms with Gasteiger partial charge in [0.1, 0.15) is 0 Å². The van der Waals surface area contributed by atoms with Crippen molar-refractivity contribution in [2.75, 3.05) is 45.8 Å². The first-order chi connectivity index (χ1) is 9.26. The Kier molecular flexibility index (Phi) is 8.21. The monoisotopic (exact) mass is 266 g/mol. The van der Waals surface area contributed by atoms with Crippen LogP contribution >= 0.6 is 0 Å². The minimum Gasteiger partial charge on any atom is -0.399 e. The summed E-state index contributed by atoms with van der Waals surface area (Å²) in [5, 5.41) is 0. The highest BCUT2D eigenvalue weighted by Crippen LogP contribution is 2.09. The predicted molar refractivity (Wildman–Crippen MR) is 79.1 cm³/mol. The standard InChI is InChI=1S/C15H26N2O2/c1-3-7-17(8-9-19-11-10-18-2)13-14-5-4-6-15(16)12-14/h4-6,12H,3,7-11,13,16H2,1-2H3. The van der Waals surface area contributed by atoms with E-state index in [0.717, 1.165) is 38.3 Å². The molecule has 4 heteroatoms. The number of nitrogens with two attached hydrogens (primary N) is 1. The fourth-order valence-corrected chi connectivity index (χ4v) is 1.97. The van der Waals surface area contributed by atoms with Crippen LogP contribution < -0.4 is 5.73 Å². The number of benzene rings is 1. The zero-order chi connectivity index (χ0) is 13.9. The summed E-state index contributed by atoms with van der Waals surface area (Å²) in [6.07, 6.45) is 1.14. The van der Waals surface area contributed by atoms with Crippen molar-refractivity contribution < 1.29 is 9.47 Å². The highest BCUT2D eigenvalue weighted by Gasteiger charge is 2.05. The van der Waals surface area contributed by atoms with Gasteiger partial charge in [-0.25, -0.2) is 0 Å². The first-order valence-electron chi connectivity index (χ1n) is 6.89. The molecule has 108 valence electrons. The molecule has 0 radical (unpaired) electrons. The van der Waals surface area contributed by atoms with Gasteiger partial charge in [-0.1, -0.05) is 19.1 Å². The summed E-state index contributed by atoms with van der Waals surface area (Å²) in [5.41, 5.74) is 7.89. The van der Waals surface area contributed by atoms with Crippen LogP contribution in [0.1, 0.15) is 18.9 Å². The van der Waals surface area contributed by atoms with Crippen LogP contribution in [0.3, 0.4) is 0 Å². The third-order valence-corrected chi connectivity index (χ3v) is 2.88. The van der Waals surface area contributed by atoms with E-state index in [9.17, 15) is 0 Å². The van der Waals surface area contributed by atoms with Gasteiger partial charge in [-0.05, 0) is 30.7 Å². The molecular formula is C15H26N2O2. The summed E-state index contributed by atoms with van der Waals surface area (Å²) in [6, 6.07) is 8.07. The average molecular weight is 266 g/mol. The van der Waals surface area contributed by atoms with Gasteiger partial charge in [-0.2, -0.15) is 0 Å². The molecule has 1 aromatic rings. The maximum Gasteiger partial charge on any atom is 0.0700 e. The number of ether oxygens (including phenoxy) is 2. The molecular weight excluding hydrogens is 240 g/mol. The van der Waals surface area contributed by atoms with Crippen LogP contribution in [-0.2, 0) is 16.0 Å². The number of nitrogens with zero attached hydrogens (tertiary/aromatic N) is 1. The highest BCUT2D eigenvalue weighted by atomic mass is 16.5. The zero-order valence-electron chi connectivity index (χ0n) is 12.1. The SMILES string of the molecule is CCCN(CCOCCOC)Cc1cccc(N)c1. The van der Waals surface area contributed by atoms with E-state index in [1.54, 1.807) is 7.11 Å². The molecule has 0 fully saturated rings. The van der Waals surface area contributed by atoms with Gasteiger partial charge in [0, 0.05) is 25.9 Å². The molecule has 0 amide bonds. The van der Waals surface area contributed by atoms with Crippen LogP contribution in [0.25, 0.3) is 0 Å². The fraction of sp³-hybridized carbons (Fsp3) is 0.600. The van der Waals surface area contributed by atoms with Crippen molar-refractivity contribution in [1.29, 1.82) is 0 Å². The average Bonchev–Trinajstić information content (AvgIpc) is 2.38. The number of hydrogen-bond donors (Lipinski definition) is 1. The van der Waals surface area contributed by atoms with E-state index in [1.165, 1.54) is 5.56 Å². The molecule has 1 aromatic carbocycles. The van der Waals surface area contributed by atoms with E-state index in [-0.39, 0.29) is 0 Å². The Balaban J connectivity index is 2.35. The summed E-state index contributed by atoms with van der Waals surface area (Å²) in [6.45, 7) is 7.18. The minimum atomic E-state index is 0.656. The van der Waals surface area contributed by atoms with E-state index in [0.29, 0.717) is 13.2 Å². The van der Waals surface area contributed by atoms with E-state index in [4.69, 9.17) is 15.2 Å². The highest BCUT2D eigenvalue weighted by molar-refractivity contribution is 5.40. The van der Waals surface area contributed by atoms with Crippen LogP contribution in [0.15, 0.2) is 24.3 Å². The number of methoxy groups -OCH3 is 1. The Morgan fingerprint density at radius 3 is 2.68 bits per heavy atom. The fourth-order valence-electron chi connectivity index (χ4n) is 1.97. The summed E-state index contributed by atoms with van der Waals surface area (Å²) in [5.74, 6) is 0. The van der Waals surface area contributed by atoms with Gasteiger partial charge in [0.15, 0.2) is 0 Å². The van der Waals surface area contributed by atoms with E-state index in [1.807, 2.05) is 18.2 Å². The van der Waals surface area contributed by atoms with E-state index < -0.39 is 0 Å². The first kappa shape index (κ1) is 16.0. The lowest BCUT2D eigenvalue weighted by Crippen LogP contribution is -2.28. The molecule has 0 bridgehead atoms. The summed E-state index contributed by atoms with van der Waals surface area (Å²) >= 11 is 0. The van der Waals surface area contributed by atoms with Crippen LogP contribution in [0.2, 0.25) is 0 Å². The quantitative estimate of drug-likeness (QED) is 0.521. The van der Waals surface area contributed by atoms with Crippen LogP contribution in [0, 0.1) is 0 Å². The molecule has 4 nitrogen and oxygen atoms in total. The molecule has 0 saturated carbocycles. The molecule has 1 rings (SSSR count). The van der Waals surface area contributed by atoms with Gasteiger partial charge in [0.25, 0.3) is 0 Å². The molecule has 0 aromatic heterocycles. The van der Waals surface area contributed by atoms with E-state index >= 15 is 0 Å². The second kappa shape index (κ2) is 9.78. The van der Waals surface area contributed by atoms with Gasteiger partial charge in [0.05, 0.1) is 19.8 Å². The lowest BCUT2D eigenvalue weighted by molar-refractivity contribution is 0.0560. The molecule has 0 saturated heterocycles. The minimum absolute atomic E-state index is 0.656. The van der Waals surface area contributed by atoms with Gasteiger partial charge in [0.2, 0.25) is 0 Å². The number of hydrogen-bond acceptors (Lipinski definition) is 4. The predicted octanol–water partition coefficient (Wildman–Crippen LogP) is 2.14. The molecule has 2 N–H and O–H groups in total. The lowest BCUT2D eigenvalue weighted by atomic mass is 10.2. The van der Waals surface area contributed by atoms with Crippen LogP contribution in [0.5, 0.6) is 0 Å². The molecule has 0 unspecified atom stereocenters. The number of nitrogen functional groups attached to an aromatic ring is 1. The molecule has 0 aliphatic carbocycles. The zero-order valence-corrected chi connectivity index (χ0v) is 12.1. The normalized spacial score (nSPS) is 11.1. The maximum atomic E-state index is 5.81. The summed E-state index contributed by atoms with van der Waals surface area (Å²) in [7, 11) is 1.69. The van der Waals surface area contributed by atoms with Crippen molar-refractivity contribution in [2.45, 2.75) is 19.9 Å². The third-order valence-electron chi connectivity index (χ3n) is 2.88. The molecule has 19 heavy (non-hydrogen) atoms. The molecule has 0 spiro atoms. The number of rotatable bonds is 10.